The normalized spacial score (nSPS) is 30.9. The van der Waals surface area contributed by atoms with E-state index in [1.54, 1.807) is 0 Å². The van der Waals surface area contributed by atoms with Crippen LogP contribution in [0.5, 0.6) is 0 Å². The molecule has 1 aliphatic heterocycles. The monoisotopic (exact) mass is 314 g/mol. The molecule has 1 saturated heterocycles. The molecule has 3 rings (SSSR count). The van der Waals surface area contributed by atoms with Crippen molar-refractivity contribution in [1.29, 1.82) is 0 Å². The summed E-state index contributed by atoms with van der Waals surface area (Å²) >= 11 is 5.05. The summed E-state index contributed by atoms with van der Waals surface area (Å²) in [6.45, 7) is -0.585. The van der Waals surface area contributed by atoms with Gasteiger partial charge in [-0.2, -0.15) is 0 Å². The van der Waals surface area contributed by atoms with Crippen molar-refractivity contribution in [2.75, 3.05) is 6.61 Å². The van der Waals surface area contributed by atoms with Crippen molar-refractivity contribution in [2.24, 2.45) is 0 Å². The van der Waals surface area contributed by atoms with Gasteiger partial charge in [-0.15, -0.1) is 0 Å². The number of nitrogens with one attached hydrogen (secondary N) is 1. The molecular weight excluding hydrogens is 300 g/mol. The van der Waals surface area contributed by atoms with Crippen LogP contribution in [0, 0.1) is 4.64 Å². The maximum atomic E-state index is 10.1. The first kappa shape index (κ1) is 14.5. The molecule has 114 valence electrons. The maximum Gasteiger partial charge on any atom is 0.165 e. The number of fused-ring (bicyclic) bond motifs is 1. The number of aromatic amines is 1. The van der Waals surface area contributed by atoms with Gasteiger partial charge in [0.05, 0.1) is 19.3 Å². The highest BCUT2D eigenvalue weighted by molar-refractivity contribution is 7.71. The minimum Gasteiger partial charge on any atom is -0.394 e. The predicted molar refractivity (Wildman–Crippen MR) is 71.7 cm³/mol. The Bertz CT molecular complexity index is 703. The standard InChI is InChI=1S/C11H14N4O5S/c16-1-4(17)8-6(18)7(19)11(20-8)15-3-14-5-9(15)12-2-13-10(5)21/h2-4,6-8,11,16-19H,1H2,(H,12,13,21)/t4-,6+,7+,8+,11-/m1/s1. The van der Waals surface area contributed by atoms with Gasteiger partial charge in [-0.1, -0.05) is 12.2 Å². The Labute approximate surface area is 123 Å². The lowest BCUT2D eigenvalue weighted by Gasteiger charge is -2.18. The summed E-state index contributed by atoms with van der Waals surface area (Å²) in [7, 11) is 0. The van der Waals surface area contributed by atoms with Gasteiger partial charge in [0.2, 0.25) is 0 Å². The molecule has 10 heteroatoms. The lowest BCUT2D eigenvalue weighted by molar-refractivity contribution is -0.0962. The van der Waals surface area contributed by atoms with Crippen LogP contribution in [-0.4, -0.2) is 71.0 Å². The fraction of sp³-hybridized carbons (Fsp3) is 0.545. The van der Waals surface area contributed by atoms with Gasteiger partial charge in [-0.05, 0) is 0 Å². The number of rotatable bonds is 3. The third-order valence-electron chi connectivity index (χ3n) is 3.50. The Balaban J connectivity index is 2.00. The van der Waals surface area contributed by atoms with E-state index in [4.69, 9.17) is 22.1 Å². The molecule has 1 aliphatic rings. The summed E-state index contributed by atoms with van der Waals surface area (Å²) in [5.74, 6) is 0. The Morgan fingerprint density at radius 3 is 2.86 bits per heavy atom. The molecule has 9 nitrogen and oxygen atoms in total. The minimum atomic E-state index is -1.33. The third kappa shape index (κ3) is 2.25. The first-order valence-electron chi connectivity index (χ1n) is 6.25. The number of imidazole rings is 1. The molecule has 5 atom stereocenters. The first-order chi connectivity index (χ1) is 10.0. The van der Waals surface area contributed by atoms with E-state index in [9.17, 15) is 15.3 Å². The maximum absolute atomic E-state index is 10.1. The zero-order valence-electron chi connectivity index (χ0n) is 10.7. The molecule has 0 bridgehead atoms. The van der Waals surface area contributed by atoms with E-state index in [1.807, 2.05) is 0 Å². The number of ether oxygens (including phenoxy) is 1. The summed E-state index contributed by atoms with van der Waals surface area (Å²) in [5.41, 5.74) is 0.911. The highest BCUT2D eigenvalue weighted by atomic mass is 32.1. The number of aromatic nitrogens is 4. The lowest BCUT2D eigenvalue weighted by Crippen LogP contribution is -2.40. The molecule has 0 radical (unpaired) electrons. The zero-order valence-corrected chi connectivity index (χ0v) is 11.5. The van der Waals surface area contributed by atoms with E-state index >= 15 is 0 Å². The van der Waals surface area contributed by atoms with Crippen LogP contribution in [0.25, 0.3) is 11.2 Å². The molecule has 21 heavy (non-hydrogen) atoms. The fourth-order valence-corrected chi connectivity index (χ4v) is 2.61. The molecule has 0 saturated carbocycles. The van der Waals surface area contributed by atoms with Crippen molar-refractivity contribution in [3.8, 4) is 0 Å². The number of H-pyrrole nitrogens is 1. The molecule has 0 amide bonds. The highest BCUT2D eigenvalue weighted by Crippen LogP contribution is 2.32. The SMILES string of the molecule is OC[C@@H](O)[C@@H]1O[C@@H](n2cnc3c(=S)nc[nH]c32)[C@@H](O)[C@@H]1O. The molecule has 2 aromatic heterocycles. The number of hydrogen-bond donors (Lipinski definition) is 5. The predicted octanol–water partition coefficient (Wildman–Crippen LogP) is -1.54. The van der Waals surface area contributed by atoms with Crippen LogP contribution in [0.2, 0.25) is 0 Å². The van der Waals surface area contributed by atoms with Crippen molar-refractivity contribution in [3.05, 3.63) is 17.3 Å². The highest BCUT2D eigenvalue weighted by Gasteiger charge is 2.47. The van der Waals surface area contributed by atoms with Gasteiger partial charge in [-0.3, -0.25) is 4.57 Å². The average Bonchev–Trinajstić information content (AvgIpc) is 3.02. The number of aliphatic hydroxyl groups is 4. The summed E-state index contributed by atoms with van der Waals surface area (Å²) in [6.07, 6.45) is -3.20. The van der Waals surface area contributed by atoms with E-state index in [1.165, 1.54) is 17.2 Å². The average molecular weight is 314 g/mol. The van der Waals surface area contributed by atoms with Crippen LogP contribution in [0.1, 0.15) is 6.23 Å². The molecule has 3 heterocycles. The van der Waals surface area contributed by atoms with Gasteiger partial charge in [0, 0.05) is 0 Å². The van der Waals surface area contributed by atoms with Crippen LogP contribution >= 0.6 is 12.2 Å². The van der Waals surface area contributed by atoms with E-state index in [2.05, 4.69) is 15.0 Å². The van der Waals surface area contributed by atoms with Gasteiger partial charge in [0.15, 0.2) is 10.9 Å². The fourth-order valence-electron chi connectivity index (χ4n) is 2.40. The number of hydrogen-bond acceptors (Lipinski definition) is 8. The summed E-state index contributed by atoms with van der Waals surface area (Å²) < 4.78 is 7.23. The number of aliphatic hydroxyl groups excluding tert-OH is 4. The Morgan fingerprint density at radius 2 is 2.14 bits per heavy atom. The van der Waals surface area contributed by atoms with E-state index in [-0.39, 0.29) is 0 Å². The van der Waals surface area contributed by atoms with Gasteiger partial charge >= 0.3 is 0 Å². The smallest absolute Gasteiger partial charge is 0.165 e. The number of nitrogens with zero attached hydrogens (tertiary/aromatic N) is 3. The van der Waals surface area contributed by atoms with Gasteiger partial charge in [0.25, 0.3) is 0 Å². The van der Waals surface area contributed by atoms with Crippen molar-refractivity contribution >= 4 is 23.4 Å². The van der Waals surface area contributed by atoms with Crippen LogP contribution in [-0.2, 0) is 4.74 Å². The lowest BCUT2D eigenvalue weighted by atomic mass is 10.1. The van der Waals surface area contributed by atoms with Crippen LogP contribution < -0.4 is 0 Å². The largest absolute Gasteiger partial charge is 0.394 e. The summed E-state index contributed by atoms with van der Waals surface area (Å²) in [5, 5.41) is 38.6. The zero-order chi connectivity index (χ0) is 15.1. The van der Waals surface area contributed by atoms with Crippen molar-refractivity contribution in [2.45, 2.75) is 30.6 Å². The second-order valence-corrected chi connectivity index (χ2v) is 5.17. The van der Waals surface area contributed by atoms with E-state index in [0.29, 0.717) is 15.8 Å². The van der Waals surface area contributed by atoms with Gasteiger partial charge < -0.3 is 30.1 Å². The Kier molecular flexibility index (Phi) is 3.73. The second kappa shape index (κ2) is 5.40. The van der Waals surface area contributed by atoms with E-state index in [0.717, 1.165) is 0 Å². The van der Waals surface area contributed by atoms with Gasteiger partial charge in [-0.25, -0.2) is 9.97 Å². The first-order valence-corrected chi connectivity index (χ1v) is 6.66. The Morgan fingerprint density at radius 1 is 1.38 bits per heavy atom. The molecule has 0 aliphatic carbocycles. The second-order valence-electron chi connectivity index (χ2n) is 4.78. The van der Waals surface area contributed by atoms with Gasteiger partial charge in [0.1, 0.15) is 35.6 Å². The van der Waals surface area contributed by atoms with E-state index < -0.39 is 37.3 Å². The molecule has 1 fully saturated rings. The topological polar surface area (TPSA) is 137 Å². The molecule has 2 aromatic rings. The van der Waals surface area contributed by atoms with Crippen LogP contribution in [0.4, 0.5) is 0 Å². The third-order valence-corrected chi connectivity index (χ3v) is 3.79. The van der Waals surface area contributed by atoms with Crippen LogP contribution in [0.3, 0.4) is 0 Å². The summed E-state index contributed by atoms with van der Waals surface area (Å²) in [4.78, 5) is 10.8. The Hall–Kier alpha value is -1.43. The quantitative estimate of drug-likeness (QED) is 0.430. The van der Waals surface area contributed by atoms with Crippen molar-refractivity contribution in [3.63, 3.8) is 0 Å². The summed E-state index contributed by atoms with van der Waals surface area (Å²) in [6, 6.07) is 0. The molecular formula is C11H14N4O5S. The van der Waals surface area contributed by atoms with Crippen molar-refractivity contribution < 1.29 is 25.2 Å². The van der Waals surface area contributed by atoms with Crippen LogP contribution in [0.15, 0.2) is 12.7 Å². The molecule has 5 N–H and O–H groups in total. The molecule has 0 aromatic carbocycles. The minimum absolute atomic E-state index is 0.294. The molecule has 0 spiro atoms. The molecule has 0 unspecified atom stereocenters. The van der Waals surface area contributed by atoms with Crippen molar-refractivity contribution in [1.82, 2.24) is 19.5 Å².